The van der Waals surface area contributed by atoms with Gasteiger partial charge in [-0.3, -0.25) is 0 Å². The molecule has 1 unspecified atom stereocenters. The van der Waals surface area contributed by atoms with Gasteiger partial charge in [-0.1, -0.05) is 70.8 Å². The first-order valence-corrected chi connectivity index (χ1v) is 21.3. The van der Waals surface area contributed by atoms with E-state index in [1.807, 2.05) is 0 Å². The Morgan fingerprint density at radius 1 is 0.383 bits per heavy atom. The number of rotatable bonds is 4. The molecule has 5 heterocycles. The summed E-state index contributed by atoms with van der Waals surface area (Å²) in [4.78, 5) is 17.8. The van der Waals surface area contributed by atoms with Gasteiger partial charge in [0.1, 0.15) is 0 Å². The zero-order valence-electron chi connectivity index (χ0n) is 37.3. The first-order valence-electron chi connectivity index (χ1n) is 21.3. The Kier molecular flexibility index (Phi) is 9.58. The second kappa shape index (κ2) is 14.7. The van der Waals surface area contributed by atoms with Crippen LogP contribution in [0.1, 0.15) is 118 Å². The number of fused-ring (bicyclic) bond motifs is 7. The Labute approximate surface area is 355 Å². The van der Waals surface area contributed by atoms with E-state index in [9.17, 15) is 0 Å². The monoisotopic (exact) mass is 784 g/mol. The fourth-order valence-corrected chi connectivity index (χ4v) is 10.8. The van der Waals surface area contributed by atoms with Crippen LogP contribution in [0.25, 0.3) is 16.7 Å². The number of H-pyrrole nitrogens is 3. The fourth-order valence-electron chi connectivity index (χ4n) is 10.8. The molecule has 0 saturated heterocycles. The van der Waals surface area contributed by atoms with Crippen molar-refractivity contribution in [2.24, 2.45) is 4.99 Å². The summed E-state index contributed by atoms with van der Waals surface area (Å²) in [6.07, 6.45) is 4.45. The lowest BCUT2D eigenvalue weighted by atomic mass is 9.85. The van der Waals surface area contributed by atoms with E-state index in [-0.39, 0.29) is 5.92 Å². The molecule has 3 aromatic heterocycles. The van der Waals surface area contributed by atoms with Crippen LogP contribution in [0, 0.1) is 83.1 Å². The summed E-state index contributed by atoms with van der Waals surface area (Å²) in [5.74, 6) is -0.0706. The van der Waals surface area contributed by atoms with Crippen molar-refractivity contribution in [1.82, 2.24) is 15.0 Å². The largest absolute Gasteiger partial charge is 0.357 e. The topological polar surface area (TPSA) is 59.7 Å². The third-order valence-electron chi connectivity index (χ3n) is 12.8. The standard InChI is InChI=1S/C56H56N4/c1-29-21-33(5)49(34(6)22-29)53-41-13-15-43(57-41)54(50-35(7)23-30(2)24-36(50)8)45-17-19-47(59-45)56(52-39(11)27-32(4)28-40(52)12)48-20-18-46(60-48)55(44-16-14-42(53)58-44)51-37(9)25-31(3)26-38(51)10/h13-28,53,57-59H,1-12H3. The van der Waals surface area contributed by atoms with Crippen molar-refractivity contribution in [1.29, 1.82) is 0 Å². The minimum absolute atomic E-state index is 0.0706. The maximum absolute atomic E-state index is 5.65. The van der Waals surface area contributed by atoms with E-state index in [0.29, 0.717) is 0 Å². The third-order valence-corrected chi connectivity index (χ3v) is 12.8. The number of aromatic nitrogens is 3. The minimum atomic E-state index is -0.0706. The molecule has 0 amide bonds. The summed E-state index contributed by atoms with van der Waals surface area (Å²) in [7, 11) is 0. The van der Waals surface area contributed by atoms with Crippen LogP contribution in [0.5, 0.6) is 0 Å². The molecule has 300 valence electrons. The van der Waals surface area contributed by atoms with Gasteiger partial charge in [-0.05, 0) is 198 Å². The zero-order chi connectivity index (χ0) is 42.3. The molecule has 4 aromatic carbocycles. The maximum Gasteiger partial charge on any atom is 0.0737 e. The number of aliphatic imine (C=N–C) groups is 1. The SMILES string of the molecule is Cc1cc(C)c(C2=C3C=CC(=N3)C(c3c(C)cc(C)cc3C)=c3ccc([nH]3)=C(c3c(C)cc(C)cc3C)c3ccc([nH]3)C(c3c(C)cc(C)cc3C)c3ccc2[nH]3)c(C)c1. The highest BCUT2D eigenvalue weighted by Gasteiger charge is 2.28. The average Bonchev–Trinajstić information content (AvgIpc) is 3.99. The second-order valence-corrected chi connectivity index (χ2v) is 17.8. The van der Waals surface area contributed by atoms with Crippen LogP contribution in [-0.4, -0.2) is 20.7 Å². The highest BCUT2D eigenvalue weighted by molar-refractivity contribution is 6.31. The van der Waals surface area contributed by atoms with E-state index in [1.54, 1.807) is 0 Å². The Hall–Kier alpha value is -6.39. The molecule has 8 bridgehead atoms. The van der Waals surface area contributed by atoms with Gasteiger partial charge in [0.2, 0.25) is 0 Å². The number of nitrogens with zero attached hydrogens (tertiary/aromatic N) is 1. The smallest absolute Gasteiger partial charge is 0.0737 e. The number of aryl methyl sites for hydroxylation is 12. The van der Waals surface area contributed by atoms with E-state index < -0.39 is 0 Å². The third kappa shape index (κ3) is 6.59. The molecular weight excluding hydrogens is 729 g/mol. The summed E-state index contributed by atoms with van der Waals surface area (Å²) in [6, 6.07) is 32.1. The van der Waals surface area contributed by atoms with Crippen molar-refractivity contribution in [3.63, 3.8) is 0 Å². The van der Waals surface area contributed by atoms with Crippen molar-refractivity contribution < 1.29 is 0 Å². The van der Waals surface area contributed by atoms with Crippen LogP contribution in [0.15, 0.2) is 108 Å². The molecule has 0 radical (unpaired) electrons. The van der Waals surface area contributed by atoms with Gasteiger partial charge in [0.25, 0.3) is 0 Å². The molecule has 9 rings (SSSR count). The van der Waals surface area contributed by atoms with Gasteiger partial charge in [0.05, 0.1) is 17.3 Å². The highest BCUT2D eigenvalue weighted by atomic mass is 14.8. The zero-order valence-corrected chi connectivity index (χ0v) is 37.3. The van der Waals surface area contributed by atoms with Crippen molar-refractivity contribution in [2.75, 3.05) is 0 Å². The van der Waals surface area contributed by atoms with Crippen molar-refractivity contribution in [3.8, 4) is 0 Å². The average molecular weight is 785 g/mol. The Balaban J connectivity index is 1.47. The molecule has 4 nitrogen and oxygen atoms in total. The molecular formula is C56H56N4. The second-order valence-electron chi connectivity index (χ2n) is 17.8. The molecule has 1 atom stereocenters. The quantitative estimate of drug-likeness (QED) is 0.159. The molecule has 4 heteroatoms. The summed E-state index contributed by atoms with van der Waals surface area (Å²) < 4.78 is 0. The fraction of sp³-hybridized carbons (Fsp3) is 0.232. The van der Waals surface area contributed by atoms with E-state index in [1.165, 1.54) is 89.0 Å². The van der Waals surface area contributed by atoms with E-state index in [0.717, 1.165) is 61.6 Å². The highest BCUT2D eigenvalue weighted by Crippen LogP contribution is 2.41. The van der Waals surface area contributed by atoms with Gasteiger partial charge in [-0.25, -0.2) is 4.99 Å². The van der Waals surface area contributed by atoms with Crippen molar-refractivity contribution in [3.05, 3.63) is 225 Å². The summed E-state index contributed by atoms with van der Waals surface area (Å²) >= 11 is 0. The van der Waals surface area contributed by atoms with Gasteiger partial charge in [-0.15, -0.1) is 0 Å². The van der Waals surface area contributed by atoms with Crippen molar-refractivity contribution in [2.45, 2.75) is 89.0 Å². The summed E-state index contributed by atoms with van der Waals surface area (Å²) in [5, 5.41) is 2.10. The van der Waals surface area contributed by atoms with Crippen LogP contribution in [0.4, 0.5) is 0 Å². The lowest BCUT2D eigenvalue weighted by molar-refractivity contribution is 0.873. The predicted molar refractivity (Wildman–Crippen MR) is 252 cm³/mol. The predicted octanol–water partition coefficient (Wildman–Crippen LogP) is 11.8. The van der Waals surface area contributed by atoms with E-state index in [4.69, 9.17) is 4.99 Å². The molecule has 2 aliphatic rings. The molecule has 0 fully saturated rings. The van der Waals surface area contributed by atoms with Gasteiger partial charge in [-0.2, -0.15) is 0 Å². The summed E-state index contributed by atoms with van der Waals surface area (Å²) in [5.41, 5.74) is 29.7. The van der Waals surface area contributed by atoms with Crippen molar-refractivity contribution >= 4 is 22.4 Å². The number of aromatic amines is 3. The van der Waals surface area contributed by atoms with Gasteiger partial charge in [0, 0.05) is 50.2 Å². The number of hydrogen-bond acceptors (Lipinski definition) is 1. The first kappa shape index (κ1) is 39.1. The maximum atomic E-state index is 5.65. The molecule has 0 spiro atoms. The lowest BCUT2D eigenvalue weighted by Gasteiger charge is -2.22. The first-order chi connectivity index (χ1) is 28.7. The van der Waals surface area contributed by atoms with Gasteiger partial charge >= 0.3 is 0 Å². The Bertz CT molecular complexity index is 3070. The number of benzene rings is 4. The van der Waals surface area contributed by atoms with Crippen LogP contribution >= 0.6 is 0 Å². The number of hydrogen-bond donors (Lipinski definition) is 3. The van der Waals surface area contributed by atoms with Gasteiger partial charge < -0.3 is 15.0 Å². The molecule has 60 heavy (non-hydrogen) atoms. The van der Waals surface area contributed by atoms with E-state index >= 15 is 0 Å². The molecule has 0 aliphatic carbocycles. The normalized spacial score (nSPS) is 15.1. The van der Waals surface area contributed by atoms with Crippen LogP contribution in [0.2, 0.25) is 0 Å². The van der Waals surface area contributed by atoms with E-state index in [2.05, 4.69) is 195 Å². The molecule has 3 N–H and O–H groups in total. The molecule has 7 aromatic rings. The molecule has 0 saturated carbocycles. The Morgan fingerprint density at radius 3 is 1.23 bits per heavy atom. The van der Waals surface area contributed by atoms with Crippen LogP contribution < -0.4 is 10.7 Å². The summed E-state index contributed by atoms with van der Waals surface area (Å²) in [6.45, 7) is 26.7. The number of nitrogens with one attached hydrogen (secondary N) is 3. The van der Waals surface area contributed by atoms with Gasteiger partial charge in [0.15, 0.2) is 0 Å². The minimum Gasteiger partial charge on any atom is -0.357 e. The van der Waals surface area contributed by atoms with Crippen LogP contribution in [0.3, 0.4) is 0 Å². The molecule has 2 aliphatic heterocycles. The Morgan fingerprint density at radius 2 is 0.767 bits per heavy atom. The lowest BCUT2D eigenvalue weighted by Crippen LogP contribution is -2.21. The number of allylic oxidation sites excluding steroid dienone is 2. The van der Waals surface area contributed by atoms with Crippen LogP contribution in [-0.2, 0) is 0 Å².